The van der Waals surface area contributed by atoms with Crippen molar-refractivity contribution in [1.82, 2.24) is 9.97 Å². The van der Waals surface area contributed by atoms with Crippen molar-refractivity contribution in [3.8, 4) is 0 Å². The molecule has 1 aromatic heterocycles. The smallest absolute Gasteiger partial charge is 0.310 e. The lowest BCUT2D eigenvalue weighted by atomic mass is 10.0. The summed E-state index contributed by atoms with van der Waals surface area (Å²) in [6.45, 7) is 1.30. The van der Waals surface area contributed by atoms with Gasteiger partial charge in [-0.05, 0) is 37.5 Å². The molecule has 0 saturated carbocycles. The molecule has 2 aromatic rings. The van der Waals surface area contributed by atoms with Gasteiger partial charge < -0.3 is 4.98 Å². The fourth-order valence-electron chi connectivity index (χ4n) is 2.85. The van der Waals surface area contributed by atoms with Crippen LogP contribution in [0.15, 0.2) is 26.6 Å². The van der Waals surface area contributed by atoms with Gasteiger partial charge in [0.25, 0.3) is 15.6 Å². The molecule has 1 aliphatic rings. The van der Waals surface area contributed by atoms with Crippen LogP contribution in [-0.4, -0.2) is 24.9 Å². The number of sulfonamides is 1. The average Bonchev–Trinajstić information content (AvgIpc) is 2.49. The molecule has 1 aliphatic heterocycles. The van der Waals surface area contributed by atoms with Gasteiger partial charge in [-0.25, -0.2) is 17.6 Å². The Hall–Kier alpha value is -2.13. The fraction of sp³-hybridized carbons (Fsp3) is 0.286. The highest BCUT2D eigenvalue weighted by molar-refractivity contribution is 7.92. The molecule has 0 amide bonds. The third kappa shape index (κ3) is 2.53. The van der Waals surface area contributed by atoms with Crippen molar-refractivity contribution in [2.45, 2.75) is 24.7 Å². The number of fused-ring (bicyclic) bond motifs is 1. The molecule has 0 saturated heterocycles. The molecular formula is C14H13ClFN3O4S. The van der Waals surface area contributed by atoms with E-state index in [4.69, 9.17) is 11.6 Å². The van der Waals surface area contributed by atoms with Crippen LogP contribution in [0.3, 0.4) is 0 Å². The summed E-state index contributed by atoms with van der Waals surface area (Å²) in [5.74, 6) is -0.740. The lowest BCUT2D eigenvalue weighted by Gasteiger charge is -2.31. The molecule has 24 heavy (non-hydrogen) atoms. The van der Waals surface area contributed by atoms with Crippen molar-refractivity contribution in [2.75, 3.05) is 10.8 Å². The minimum atomic E-state index is -4.37. The van der Waals surface area contributed by atoms with Gasteiger partial charge in [0, 0.05) is 17.3 Å². The van der Waals surface area contributed by atoms with Gasteiger partial charge in [0.05, 0.1) is 5.69 Å². The first-order chi connectivity index (χ1) is 11.2. The summed E-state index contributed by atoms with van der Waals surface area (Å²) in [5.41, 5.74) is -1.75. The Balaban J connectivity index is 2.27. The third-order valence-corrected chi connectivity index (χ3v) is 6.14. The van der Waals surface area contributed by atoms with E-state index in [1.165, 1.54) is 13.0 Å². The summed E-state index contributed by atoms with van der Waals surface area (Å²) in [6.07, 6.45) is 0.856. The Morgan fingerprint density at radius 3 is 2.62 bits per heavy atom. The zero-order valence-corrected chi connectivity index (χ0v) is 14.1. The van der Waals surface area contributed by atoms with Crippen LogP contribution in [0, 0.1) is 12.7 Å². The van der Waals surface area contributed by atoms with E-state index in [9.17, 15) is 22.4 Å². The molecule has 0 spiro atoms. The number of halogens is 2. The standard InChI is InChI=1S/C14H13ClFN3O4S/c1-7-12(13(20)18-14(21)17-7)24(22,23)19-6-2-3-8-9(15)4-5-10(16)11(8)19/h4-5H,2-3,6H2,1H3,(H2,17,18,20,21). The summed E-state index contributed by atoms with van der Waals surface area (Å²) >= 11 is 6.06. The van der Waals surface area contributed by atoms with E-state index in [1.807, 2.05) is 4.98 Å². The number of nitrogens with one attached hydrogen (secondary N) is 2. The van der Waals surface area contributed by atoms with Gasteiger partial charge in [-0.15, -0.1) is 0 Å². The van der Waals surface area contributed by atoms with Crippen LogP contribution in [0.25, 0.3) is 0 Å². The number of anilines is 1. The lowest BCUT2D eigenvalue weighted by Crippen LogP contribution is -2.41. The fourth-order valence-corrected chi connectivity index (χ4v) is 4.85. The molecule has 0 unspecified atom stereocenters. The van der Waals surface area contributed by atoms with Gasteiger partial charge in [-0.2, -0.15) is 0 Å². The minimum absolute atomic E-state index is 0.00457. The van der Waals surface area contributed by atoms with Crippen LogP contribution in [0.2, 0.25) is 5.02 Å². The topological polar surface area (TPSA) is 103 Å². The molecule has 1 aromatic carbocycles. The Labute approximate surface area is 141 Å². The molecule has 7 nitrogen and oxygen atoms in total. The van der Waals surface area contributed by atoms with Crippen molar-refractivity contribution in [3.05, 3.63) is 55.1 Å². The number of benzene rings is 1. The highest BCUT2D eigenvalue weighted by Gasteiger charge is 2.35. The molecule has 0 bridgehead atoms. The lowest BCUT2D eigenvalue weighted by molar-refractivity contribution is 0.574. The maximum Gasteiger partial charge on any atom is 0.325 e. The van der Waals surface area contributed by atoms with E-state index in [0.717, 1.165) is 10.4 Å². The normalized spacial score (nSPS) is 14.5. The second-order valence-corrected chi connectivity index (χ2v) is 7.61. The quantitative estimate of drug-likeness (QED) is 0.828. The van der Waals surface area contributed by atoms with E-state index in [2.05, 4.69) is 4.98 Å². The minimum Gasteiger partial charge on any atom is -0.310 e. The van der Waals surface area contributed by atoms with Crippen molar-refractivity contribution in [2.24, 2.45) is 0 Å². The maximum absolute atomic E-state index is 14.3. The van der Waals surface area contributed by atoms with Crippen LogP contribution in [0.1, 0.15) is 17.7 Å². The number of hydrogen-bond acceptors (Lipinski definition) is 4. The molecule has 0 fully saturated rings. The zero-order chi connectivity index (χ0) is 17.6. The Kier molecular flexibility index (Phi) is 4.00. The Bertz CT molecular complexity index is 1040. The van der Waals surface area contributed by atoms with Gasteiger partial charge in [0.15, 0.2) is 4.90 Å². The third-order valence-electron chi connectivity index (χ3n) is 3.84. The summed E-state index contributed by atoms with van der Waals surface area (Å²) in [5, 5.41) is 0.262. The number of aromatic amines is 2. The van der Waals surface area contributed by atoms with E-state index >= 15 is 0 Å². The monoisotopic (exact) mass is 373 g/mol. The maximum atomic E-state index is 14.3. The molecule has 2 N–H and O–H groups in total. The summed E-state index contributed by atoms with van der Waals surface area (Å²) in [7, 11) is -4.37. The van der Waals surface area contributed by atoms with E-state index in [1.54, 1.807) is 0 Å². The predicted octanol–water partition coefficient (Wildman–Crippen LogP) is 1.31. The molecule has 2 heterocycles. The molecule has 128 valence electrons. The summed E-state index contributed by atoms with van der Waals surface area (Å²) in [6, 6.07) is 2.45. The number of rotatable bonds is 2. The SMILES string of the molecule is Cc1[nH]c(=O)[nH]c(=O)c1S(=O)(=O)N1CCCc2c(Cl)ccc(F)c21. The van der Waals surface area contributed by atoms with Crippen molar-refractivity contribution in [3.63, 3.8) is 0 Å². The van der Waals surface area contributed by atoms with Gasteiger partial charge in [0.1, 0.15) is 5.82 Å². The Morgan fingerprint density at radius 1 is 1.25 bits per heavy atom. The van der Waals surface area contributed by atoms with Gasteiger partial charge in [0.2, 0.25) is 0 Å². The van der Waals surface area contributed by atoms with Gasteiger partial charge >= 0.3 is 5.69 Å². The zero-order valence-electron chi connectivity index (χ0n) is 12.5. The molecule has 0 aliphatic carbocycles. The molecule has 0 radical (unpaired) electrons. The highest BCUT2D eigenvalue weighted by Crippen LogP contribution is 2.37. The van der Waals surface area contributed by atoms with Crippen molar-refractivity contribution >= 4 is 27.3 Å². The van der Waals surface area contributed by atoms with E-state index in [0.29, 0.717) is 18.4 Å². The Morgan fingerprint density at radius 2 is 1.96 bits per heavy atom. The number of aromatic nitrogens is 2. The van der Waals surface area contributed by atoms with Crippen LogP contribution in [-0.2, 0) is 16.4 Å². The van der Waals surface area contributed by atoms with Crippen molar-refractivity contribution < 1.29 is 12.8 Å². The predicted molar refractivity (Wildman–Crippen MR) is 86.7 cm³/mol. The second-order valence-electron chi connectivity index (χ2n) is 5.40. The summed E-state index contributed by atoms with van der Waals surface area (Å²) < 4.78 is 41.0. The van der Waals surface area contributed by atoms with Crippen LogP contribution >= 0.6 is 11.6 Å². The molecular weight excluding hydrogens is 361 g/mol. The largest absolute Gasteiger partial charge is 0.325 e. The van der Waals surface area contributed by atoms with E-state index < -0.39 is 32.0 Å². The molecule has 0 atom stereocenters. The molecule has 3 rings (SSSR count). The summed E-state index contributed by atoms with van der Waals surface area (Å²) in [4.78, 5) is 26.8. The van der Waals surface area contributed by atoms with Crippen LogP contribution in [0.5, 0.6) is 0 Å². The molecule has 10 heteroatoms. The number of hydrogen-bond donors (Lipinski definition) is 2. The van der Waals surface area contributed by atoms with Crippen molar-refractivity contribution in [1.29, 1.82) is 0 Å². The number of aryl methyl sites for hydroxylation is 1. The van der Waals surface area contributed by atoms with Gasteiger partial charge in [-0.3, -0.25) is 14.1 Å². The highest BCUT2D eigenvalue weighted by atomic mass is 35.5. The van der Waals surface area contributed by atoms with Gasteiger partial charge in [-0.1, -0.05) is 11.6 Å². The first-order valence-electron chi connectivity index (χ1n) is 7.06. The van der Waals surface area contributed by atoms with Crippen LogP contribution < -0.4 is 15.6 Å². The first kappa shape index (κ1) is 16.7. The first-order valence-corrected chi connectivity index (χ1v) is 8.88. The van der Waals surface area contributed by atoms with Crippen LogP contribution in [0.4, 0.5) is 10.1 Å². The average molecular weight is 374 g/mol. The number of nitrogens with zero attached hydrogens (tertiary/aromatic N) is 1. The second kappa shape index (κ2) is 5.75. The number of H-pyrrole nitrogens is 2. The van der Waals surface area contributed by atoms with E-state index in [-0.39, 0.29) is 22.9 Å².